The molecule has 0 aliphatic carbocycles. The summed E-state index contributed by atoms with van der Waals surface area (Å²) < 4.78 is 34.2. The topological polar surface area (TPSA) is 75.7 Å². The third-order valence-electron chi connectivity index (χ3n) is 4.85. The number of sulfonamides is 1. The van der Waals surface area contributed by atoms with E-state index in [1.807, 2.05) is 26.8 Å². The van der Waals surface area contributed by atoms with Gasteiger partial charge in [0.1, 0.15) is 12.4 Å². The van der Waals surface area contributed by atoms with Crippen molar-refractivity contribution >= 4 is 27.3 Å². The highest BCUT2D eigenvalue weighted by atomic mass is 32.2. The van der Waals surface area contributed by atoms with Crippen molar-refractivity contribution in [1.82, 2.24) is 0 Å². The van der Waals surface area contributed by atoms with Crippen LogP contribution in [0, 0.1) is 19.3 Å². The molecule has 1 N–H and O–H groups in total. The van der Waals surface area contributed by atoms with Gasteiger partial charge in [0.2, 0.25) is 5.91 Å². The van der Waals surface area contributed by atoms with E-state index in [9.17, 15) is 13.2 Å². The number of ether oxygens (including phenoxy) is 1. The fourth-order valence-corrected chi connectivity index (χ4v) is 4.61. The molecule has 0 atom stereocenters. The van der Waals surface area contributed by atoms with Crippen LogP contribution in [-0.2, 0) is 14.8 Å². The van der Waals surface area contributed by atoms with Crippen LogP contribution in [0.2, 0.25) is 0 Å². The van der Waals surface area contributed by atoms with Crippen molar-refractivity contribution in [2.24, 2.45) is 5.41 Å². The van der Waals surface area contributed by atoms with Gasteiger partial charge in [0.05, 0.1) is 21.7 Å². The summed E-state index contributed by atoms with van der Waals surface area (Å²) in [5, 5.41) is 0. The molecule has 7 heteroatoms. The molecular weight excluding hydrogens is 388 g/mol. The molecular formula is C22H26N2O4S. The van der Waals surface area contributed by atoms with Gasteiger partial charge < -0.3 is 9.64 Å². The van der Waals surface area contributed by atoms with E-state index in [0.29, 0.717) is 29.2 Å². The number of nitrogens with zero attached hydrogens (tertiary/aromatic N) is 1. The first-order valence-corrected chi connectivity index (χ1v) is 10.8. The number of benzene rings is 2. The van der Waals surface area contributed by atoms with Crippen LogP contribution < -0.4 is 14.4 Å². The van der Waals surface area contributed by atoms with Gasteiger partial charge >= 0.3 is 0 Å². The van der Waals surface area contributed by atoms with Gasteiger partial charge in [-0.15, -0.1) is 6.58 Å². The average molecular weight is 415 g/mol. The second-order valence-electron chi connectivity index (χ2n) is 7.93. The molecule has 2 aromatic rings. The van der Waals surface area contributed by atoms with Crippen LogP contribution in [0.3, 0.4) is 0 Å². The monoisotopic (exact) mass is 414 g/mol. The molecule has 0 fully saturated rings. The second-order valence-corrected chi connectivity index (χ2v) is 9.58. The highest BCUT2D eigenvalue weighted by molar-refractivity contribution is 7.92. The Kier molecular flexibility index (Phi) is 5.45. The minimum Gasteiger partial charge on any atom is -0.490 e. The molecule has 0 bridgehead atoms. The van der Waals surface area contributed by atoms with E-state index in [2.05, 4.69) is 11.3 Å². The van der Waals surface area contributed by atoms with Gasteiger partial charge in [0.15, 0.2) is 0 Å². The van der Waals surface area contributed by atoms with Crippen LogP contribution in [0.4, 0.5) is 11.4 Å². The Hall–Kier alpha value is -2.80. The molecule has 0 radical (unpaired) electrons. The maximum absolute atomic E-state index is 12.9. The van der Waals surface area contributed by atoms with Crippen molar-refractivity contribution in [3.8, 4) is 5.75 Å². The zero-order valence-electron chi connectivity index (χ0n) is 17.2. The van der Waals surface area contributed by atoms with Gasteiger partial charge in [-0.2, -0.15) is 0 Å². The smallest absolute Gasteiger partial charge is 0.262 e. The molecule has 0 unspecified atom stereocenters. The molecule has 154 valence electrons. The Morgan fingerprint density at radius 1 is 1.21 bits per heavy atom. The Labute approximate surface area is 172 Å². The quantitative estimate of drug-likeness (QED) is 0.749. The highest BCUT2D eigenvalue weighted by Gasteiger charge is 2.37. The SMILES string of the molecule is C=CCN1C(=O)C(C)(C)COc2cc(NS(=O)(=O)c3ccc(C)cc3C)ccc21. The zero-order chi connectivity index (χ0) is 21.4. The molecule has 1 amide bonds. The first kappa shape index (κ1) is 20.9. The maximum Gasteiger partial charge on any atom is 0.262 e. The summed E-state index contributed by atoms with van der Waals surface area (Å²) in [6.07, 6.45) is 1.65. The summed E-state index contributed by atoms with van der Waals surface area (Å²) >= 11 is 0. The van der Waals surface area contributed by atoms with E-state index in [0.717, 1.165) is 5.56 Å². The molecule has 6 nitrogen and oxygen atoms in total. The molecule has 3 rings (SSSR count). The lowest BCUT2D eigenvalue weighted by Crippen LogP contribution is -2.42. The van der Waals surface area contributed by atoms with Crippen molar-refractivity contribution in [2.45, 2.75) is 32.6 Å². The van der Waals surface area contributed by atoms with E-state index in [-0.39, 0.29) is 17.4 Å². The van der Waals surface area contributed by atoms with E-state index in [1.165, 1.54) is 0 Å². The third kappa shape index (κ3) is 4.15. The Bertz CT molecular complexity index is 1070. The minimum atomic E-state index is -3.76. The minimum absolute atomic E-state index is 0.0697. The van der Waals surface area contributed by atoms with Crippen molar-refractivity contribution in [2.75, 3.05) is 22.8 Å². The van der Waals surface area contributed by atoms with E-state index in [1.54, 1.807) is 48.2 Å². The predicted octanol–water partition coefficient (Wildman–Crippen LogP) is 4.04. The number of hydrogen-bond acceptors (Lipinski definition) is 4. The normalized spacial score (nSPS) is 15.9. The molecule has 0 saturated heterocycles. The third-order valence-corrected chi connectivity index (χ3v) is 6.39. The first-order chi connectivity index (χ1) is 13.5. The molecule has 1 aliphatic heterocycles. The number of amides is 1. The molecule has 2 aromatic carbocycles. The van der Waals surface area contributed by atoms with E-state index < -0.39 is 15.4 Å². The van der Waals surface area contributed by atoms with Crippen LogP contribution in [0.5, 0.6) is 5.75 Å². The number of anilines is 2. The van der Waals surface area contributed by atoms with Crippen LogP contribution in [0.15, 0.2) is 53.9 Å². The molecule has 1 aliphatic rings. The summed E-state index contributed by atoms with van der Waals surface area (Å²) in [5.74, 6) is 0.381. The Balaban J connectivity index is 1.97. The van der Waals surface area contributed by atoms with Gasteiger partial charge in [-0.25, -0.2) is 8.42 Å². The zero-order valence-corrected chi connectivity index (χ0v) is 18.0. The first-order valence-electron chi connectivity index (χ1n) is 9.35. The number of rotatable bonds is 5. The molecule has 0 saturated carbocycles. The van der Waals surface area contributed by atoms with Gasteiger partial charge in [-0.1, -0.05) is 23.8 Å². The lowest BCUT2D eigenvalue weighted by atomic mass is 9.93. The second kappa shape index (κ2) is 7.55. The van der Waals surface area contributed by atoms with Gasteiger partial charge in [0.25, 0.3) is 10.0 Å². The molecule has 0 spiro atoms. The van der Waals surface area contributed by atoms with Crippen LogP contribution in [0.25, 0.3) is 0 Å². The Morgan fingerprint density at radius 2 is 1.93 bits per heavy atom. The summed E-state index contributed by atoms with van der Waals surface area (Å²) in [5.41, 5.74) is 1.92. The number of carbonyl (C=O) groups is 1. The standard InChI is InChI=1S/C22H26N2O4S/c1-6-11-24-18-9-8-17(13-19(18)28-14-22(4,5)21(24)25)23-29(26,27)20-10-7-15(2)12-16(20)3/h6-10,12-13,23H,1,11,14H2,2-5H3. The van der Waals surface area contributed by atoms with Gasteiger partial charge in [-0.3, -0.25) is 9.52 Å². The fraction of sp³-hybridized carbons (Fsp3) is 0.318. The summed E-state index contributed by atoms with van der Waals surface area (Å²) in [6, 6.07) is 10.1. The van der Waals surface area contributed by atoms with Gasteiger partial charge in [-0.05, 0) is 51.5 Å². The van der Waals surface area contributed by atoms with Crippen molar-refractivity contribution in [3.05, 3.63) is 60.2 Å². The number of hydrogen-bond donors (Lipinski definition) is 1. The molecule has 29 heavy (non-hydrogen) atoms. The summed E-state index contributed by atoms with van der Waals surface area (Å²) in [4.78, 5) is 14.7. The van der Waals surface area contributed by atoms with Crippen LogP contribution >= 0.6 is 0 Å². The average Bonchev–Trinajstić information content (AvgIpc) is 2.71. The van der Waals surface area contributed by atoms with Crippen LogP contribution in [0.1, 0.15) is 25.0 Å². The van der Waals surface area contributed by atoms with Gasteiger partial charge in [0, 0.05) is 12.6 Å². The molecule has 0 aromatic heterocycles. The van der Waals surface area contributed by atoms with Crippen molar-refractivity contribution in [3.63, 3.8) is 0 Å². The van der Waals surface area contributed by atoms with Crippen molar-refractivity contribution < 1.29 is 17.9 Å². The maximum atomic E-state index is 12.9. The number of carbonyl (C=O) groups excluding carboxylic acids is 1. The Morgan fingerprint density at radius 3 is 2.59 bits per heavy atom. The van der Waals surface area contributed by atoms with Crippen molar-refractivity contribution in [1.29, 1.82) is 0 Å². The number of nitrogens with one attached hydrogen (secondary N) is 1. The fourth-order valence-electron chi connectivity index (χ4n) is 3.33. The summed E-state index contributed by atoms with van der Waals surface area (Å²) in [6.45, 7) is 11.6. The largest absolute Gasteiger partial charge is 0.490 e. The van der Waals surface area contributed by atoms with E-state index in [4.69, 9.17) is 4.74 Å². The summed E-state index contributed by atoms with van der Waals surface area (Å²) in [7, 11) is -3.76. The lowest BCUT2D eigenvalue weighted by Gasteiger charge is -2.27. The number of fused-ring (bicyclic) bond motifs is 1. The van der Waals surface area contributed by atoms with E-state index >= 15 is 0 Å². The molecule has 1 heterocycles. The predicted molar refractivity (Wildman–Crippen MR) is 115 cm³/mol. The number of aryl methyl sites for hydroxylation is 2. The van der Waals surface area contributed by atoms with Crippen LogP contribution in [-0.4, -0.2) is 27.5 Å². The highest BCUT2D eigenvalue weighted by Crippen LogP contribution is 2.38. The lowest BCUT2D eigenvalue weighted by molar-refractivity contribution is -0.127.